The molecule has 0 saturated carbocycles. The van der Waals surface area contributed by atoms with Crippen LogP contribution in [0.15, 0.2) is 24.3 Å². The van der Waals surface area contributed by atoms with Gasteiger partial charge in [0.15, 0.2) is 0 Å². The molecule has 1 aliphatic heterocycles. The second-order valence-electron chi connectivity index (χ2n) is 7.59. The number of nitrogens with two attached hydrogens (primary N) is 1. The monoisotopic (exact) mass is 439 g/mol. The lowest BCUT2D eigenvalue weighted by molar-refractivity contribution is -0.149. The van der Waals surface area contributed by atoms with Gasteiger partial charge in [-0.1, -0.05) is 30.2 Å². The first kappa shape index (κ1) is 24.1. The number of likely N-dealkylation sites (tertiary alicyclic amines) is 1. The minimum Gasteiger partial charge on any atom is -0.480 e. The summed E-state index contributed by atoms with van der Waals surface area (Å²) in [5.41, 5.74) is 6.50. The molecule has 0 spiro atoms. The van der Waals surface area contributed by atoms with Crippen molar-refractivity contribution in [3.63, 3.8) is 0 Å². The number of carboxylic acid groups (broad SMARTS) is 2. The maximum absolute atomic E-state index is 13.1. The van der Waals surface area contributed by atoms with Gasteiger partial charge in [0.2, 0.25) is 5.91 Å². The van der Waals surface area contributed by atoms with E-state index in [0.717, 1.165) is 5.56 Å². The summed E-state index contributed by atoms with van der Waals surface area (Å²) >= 11 is 5.89. The topological polar surface area (TPSA) is 133 Å². The van der Waals surface area contributed by atoms with E-state index in [-0.39, 0.29) is 5.91 Å². The highest BCUT2D eigenvalue weighted by Gasteiger charge is 2.38. The second kappa shape index (κ2) is 11.9. The average molecular weight is 440 g/mol. The molecule has 0 bridgehead atoms. The van der Waals surface area contributed by atoms with E-state index in [0.29, 0.717) is 63.1 Å². The Balaban J connectivity index is 2.08. The number of carboxylic acids is 2. The number of aryl methyl sites for hydroxylation is 1. The molecular weight excluding hydrogens is 410 g/mol. The molecule has 0 radical (unpaired) electrons. The fourth-order valence-electron chi connectivity index (χ4n) is 3.74. The Morgan fingerprint density at radius 2 is 1.83 bits per heavy atom. The minimum absolute atomic E-state index is 0.292. The van der Waals surface area contributed by atoms with Gasteiger partial charge in [-0.15, -0.1) is 0 Å². The number of aliphatic carboxylic acids is 2. The van der Waals surface area contributed by atoms with Gasteiger partial charge in [0.25, 0.3) is 0 Å². The quantitative estimate of drug-likeness (QED) is 0.365. The SMILES string of the molecule is NCCCC[C@H](N[C@@H](CCc1ccc(Cl)cc1)C(=O)O)C(=O)N1CCC[C@H]1C(=O)O. The smallest absolute Gasteiger partial charge is 0.326 e. The van der Waals surface area contributed by atoms with Gasteiger partial charge in [-0.25, -0.2) is 4.79 Å². The normalized spacial score (nSPS) is 18.2. The van der Waals surface area contributed by atoms with Crippen molar-refractivity contribution in [2.45, 2.75) is 63.1 Å². The molecule has 1 amide bonds. The molecule has 1 heterocycles. The third-order valence-electron chi connectivity index (χ3n) is 5.40. The zero-order valence-corrected chi connectivity index (χ0v) is 17.7. The predicted molar refractivity (Wildman–Crippen MR) is 113 cm³/mol. The number of carbonyl (C=O) groups excluding carboxylic acids is 1. The highest BCUT2D eigenvalue weighted by Crippen LogP contribution is 2.20. The Morgan fingerprint density at radius 1 is 1.13 bits per heavy atom. The number of benzene rings is 1. The van der Waals surface area contributed by atoms with Crippen molar-refractivity contribution in [2.24, 2.45) is 5.73 Å². The molecule has 1 saturated heterocycles. The van der Waals surface area contributed by atoms with E-state index >= 15 is 0 Å². The van der Waals surface area contributed by atoms with Gasteiger partial charge in [-0.05, 0) is 62.8 Å². The van der Waals surface area contributed by atoms with Crippen LogP contribution in [-0.2, 0) is 20.8 Å². The molecule has 1 fully saturated rings. The van der Waals surface area contributed by atoms with Crippen molar-refractivity contribution in [3.05, 3.63) is 34.9 Å². The van der Waals surface area contributed by atoms with E-state index in [4.69, 9.17) is 17.3 Å². The summed E-state index contributed by atoms with van der Waals surface area (Å²) < 4.78 is 0. The molecule has 0 unspecified atom stereocenters. The van der Waals surface area contributed by atoms with Crippen LogP contribution in [0.2, 0.25) is 5.02 Å². The Labute approximate surface area is 181 Å². The Hall–Kier alpha value is -2.16. The number of unbranched alkanes of at least 4 members (excludes halogenated alkanes) is 1. The van der Waals surface area contributed by atoms with Gasteiger partial charge in [-0.3, -0.25) is 14.9 Å². The first-order valence-electron chi connectivity index (χ1n) is 10.3. The molecule has 2 rings (SSSR count). The van der Waals surface area contributed by atoms with Crippen LogP contribution in [0.4, 0.5) is 0 Å². The van der Waals surface area contributed by atoms with Crippen molar-refractivity contribution in [2.75, 3.05) is 13.1 Å². The Kier molecular flexibility index (Phi) is 9.55. The molecule has 0 aliphatic carbocycles. The fraction of sp³-hybridized carbons (Fsp3) is 0.571. The van der Waals surface area contributed by atoms with Crippen LogP contribution in [-0.4, -0.2) is 64.2 Å². The summed E-state index contributed by atoms with van der Waals surface area (Å²) in [6.07, 6.45) is 3.59. The van der Waals surface area contributed by atoms with Crippen LogP contribution in [0.25, 0.3) is 0 Å². The molecule has 8 nitrogen and oxygen atoms in total. The molecule has 166 valence electrons. The van der Waals surface area contributed by atoms with Gasteiger partial charge in [0.1, 0.15) is 12.1 Å². The number of nitrogens with one attached hydrogen (secondary N) is 1. The number of amides is 1. The van der Waals surface area contributed by atoms with E-state index in [9.17, 15) is 24.6 Å². The molecule has 1 aromatic rings. The summed E-state index contributed by atoms with van der Waals surface area (Å²) in [5, 5.41) is 22.7. The molecule has 3 atom stereocenters. The van der Waals surface area contributed by atoms with Crippen LogP contribution in [0, 0.1) is 0 Å². The number of carbonyl (C=O) groups is 3. The van der Waals surface area contributed by atoms with Crippen molar-refractivity contribution >= 4 is 29.4 Å². The number of nitrogens with zero attached hydrogens (tertiary/aromatic N) is 1. The number of hydrogen-bond acceptors (Lipinski definition) is 5. The van der Waals surface area contributed by atoms with E-state index in [1.807, 2.05) is 12.1 Å². The lowest BCUT2D eigenvalue weighted by Gasteiger charge is -2.29. The van der Waals surface area contributed by atoms with Crippen LogP contribution >= 0.6 is 11.6 Å². The van der Waals surface area contributed by atoms with Crippen molar-refractivity contribution in [1.82, 2.24) is 10.2 Å². The van der Waals surface area contributed by atoms with Crippen LogP contribution in [0.5, 0.6) is 0 Å². The van der Waals surface area contributed by atoms with Crippen molar-refractivity contribution in [1.29, 1.82) is 0 Å². The van der Waals surface area contributed by atoms with Gasteiger partial charge in [0.05, 0.1) is 6.04 Å². The molecule has 1 aromatic carbocycles. The molecular formula is C21H30ClN3O5. The molecule has 9 heteroatoms. The highest BCUT2D eigenvalue weighted by atomic mass is 35.5. The summed E-state index contributed by atoms with van der Waals surface area (Å²) in [6, 6.07) is 4.63. The highest BCUT2D eigenvalue weighted by molar-refractivity contribution is 6.30. The standard InChI is InChI=1S/C21H30ClN3O5/c22-15-9-6-14(7-10-15)8-11-17(20(27)28)24-16(4-1-2-12-23)19(26)25-13-3-5-18(25)21(29)30/h6-7,9-10,16-18,24H,1-5,8,11-13,23H2,(H,27,28)(H,29,30)/t16-,17-,18-/m0/s1. The summed E-state index contributed by atoms with van der Waals surface area (Å²) in [6.45, 7) is 0.842. The van der Waals surface area contributed by atoms with Crippen LogP contribution < -0.4 is 11.1 Å². The van der Waals surface area contributed by atoms with Crippen LogP contribution in [0.3, 0.4) is 0 Å². The maximum atomic E-state index is 13.1. The second-order valence-corrected chi connectivity index (χ2v) is 8.02. The van der Waals surface area contributed by atoms with Gasteiger partial charge in [-0.2, -0.15) is 0 Å². The van der Waals surface area contributed by atoms with E-state index in [1.165, 1.54) is 4.90 Å². The number of rotatable bonds is 12. The molecule has 1 aliphatic rings. The summed E-state index contributed by atoms with van der Waals surface area (Å²) in [5.74, 6) is -2.43. The Morgan fingerprint density at radius 3 is 2.43 bits per heavy atom. The average Bonchev–Trinajstić information content (AvgIpc) is 3.20. The van der Waals surface area contributed by atoms with Crippen molar-refractivity contribution < 1.29 is 24.6 Å². The van der Waals surface area contributed by atoms with Crippen LogP contribution in [0.1, 0.15) is 44.1 Å². The molecule has 0 aromatic heterocycles. The van der Waals surface area contributed by atoms with E-state index in [1.54, 1.807) is 12.1 Å². The lowest BCUT2D eigenvalue weighted by atomic mass is 10.0. The lowest BCUT2D eigenvalue weighted by Crippen LogP contribution is -2.54. The van der Waals surface area contributed by atoms with Gasteiger partial charge in [0, 0.05) is 11.6 Å². The number of hydrogen-bond donors (Lipinski definition) is 4. The number of halogens is 1. The third-order valence-corrected chi connectivity index (χ3v) is 5.65. The zero-order valence-electron chi connectivity index (χ0n) is 16.9. The van der Waals surface area contributed by atoms with Crippen molar-refractivity contribution in [3.8, 4) is 0 Å². The van der Waals surface area contributed by atoms with E-state index in [2.05, 4.69) is 5.32 Å². The molecule has 30 heavy (non-hydrogen) atoms. The minimum atomic E-state index is -1.04. The van der Waals surface area contributed by atoms with Gasteiger partial charge < -0.3 is 20.8 Å². The summed E-state index contributed by atoms with van der Waals surface area (Å²) in [7, 11) is 0. The molecule has 5 N–H and O–H groups in total. The predicted octanol–water partition coefficient (Wildman–Crippen LogP) is 1.89. The first-order chi connectivity index (χ1) is 14.3. The summed E-state index contributed by atoms with van der Waals surface area (Å²) in [4.78, 5) is 37.8. The fourth-order valence-corrected chi connectivity index (χ4v) is 3.87. The Bertz CT molecular complexity index is 728. The first-order valence-corrected chi connectivity index (χ1v) is 10.7. The van der Waals surface area contributed by atoms with Gasteiger partial charge >= 0.3 is 11.9 Å². The van der Waals surface area contributed by atoms with E-state index < -0.39 is 30.1 Å². The third kappa shape index (κ3) is 6.97. The maximum Gasteiger partial charge on any atom is 0.326 e. The largest absolute Gasteiger partial charge is 0.480 e. The zero-order chi connectivity index (χ0) is 22.1.